The van der Waals surface area contributed by atoms with Gasteiger partial charge in [0, 0.05) is 12.3 Å². The van der Waals surface area contributed by atoms with Crippen LogP contribution in [-0.4, -0.2) is 23.2 Å². The Morgan fingerprint density at radius 1 is 1.21 bits per heavy atom. The van der Waals surface area contributed by atoms with Crippen LogP contribution in [0.3, 0.4) is 0 Å². The van der Waals surface area contributed by atoms with E-state index < -0.39 is 5.97 Å². The number of hydrogen-bond acceptors (Lipinski definition) is 4. The van der Waals surface area contributed by atoms with Crippen LogP contribution in [-0.2, 0) is 0 Å². The fraction of sp³-hybridized carbons (Fsp3) is 0.143. The van der Waals surface area contributed by atoms with Crippen molar-refractivity contribution in [2.75, 3.05) is 7.11 Å². The topological polar surface area (TPSA) is 68.7 Å². The Labute approximate surface area is 110 Å². The number of carbonyl (C=O) groups is 1. The first kappa shape index (κ1) is 12.9. The van der Waals surface area contributed by atoms with Crippen LogP contribution in [0, 0.1) is 6.92 Å². The van der Waals surface area contributed by atoms with Gasteiger partial charge in [0.1, 0.15) is 0 Å². The highest BCUT2D eigenvalue weighted by Crippen LogP contribution is 2.31. The molecular weight excluding hydrogens is 246 g/mol. The van der Waals surface area contributed by atoms with E-state index in [1.165, 1.54) is 19.2 Å². The highest BCUT2D eigenvalue weighted by molar-refractivity contribution is 5.88. The lowest BCUT2D eigenvalue weighted by Gasteiger charge is -2.10. The maximum Gasteiger partial charge on any atom is 0.335 e. The molecule has 1 N–H and O–H groups in total. The Balaban J connectivity index is 2.32. The number of carboxylic acids is 1. The molecule has 1 aromatic heterocycles. The molecule has 0 aliphatic rings. The van der Waals surface area contributed by atoms with Gasteiger partial charge in [-0.05, 0) is 36.8 Å². The molecule has 0 spiro atoms. The number of ether oxygens (including phenoxy) is 2. The molecule has 5 nitrogen and oxygen atoms in total. The quantitative estimate of drug-likeness (QED) is 0.914. The molecule has 0 amide bonds. The average molecular weight is 259 g/mol. The van der Waals surface area contributed by atoms with Crippen molar-refractivity contribution in [2.45, 2.75) is 6.92 Å². The van der Waals surface area contributed by atoms with Gasteiger partial charge in [-0.3, -0.25) is 0 Å². The zero-order valence-corrected chi connectivity index (χ0v) is 10.6. The highest BCUT2D eigenvalue weighted by Gasteiger charge is 2.11. The smallest absolute Gasteiger partial charge is 0.335 e. The first-order valence-electron chi connectivity index (χ1n) is 5.62. The number of rotatable bonds is 4. The summed E-state index contributed by atoms with van der Waals surface area (Å²) in [6.07, 6.45) is 1.64. The van der Waals surface area contributed by atoms with Gasteiger partial charge in [-0.1, -0.05) is 0 Å². The molecule has 2 rings (SSSR count). The van der Waals surface area contributed by atoms with E-state index in [0.717, 1.165) is 5.56 Å². The van der Waals surface area contributed by atoms with E-state index in [9.17, 15) is 4.79 Å². The van der Waals surface area contributed by atoms with Crippen molar-refractivity contribution in [1.29, 1.82) is 0 Å². The van der Waals surface area contributed by atoms with Crippen LogP contribution in [0.1, 0.15) is 15.9 Å². The predicted octanol–water partition coefficient (Wildman–Crippen LogP) is 2.89. The fourth-order valence-electron chi connectivity index (χ4n) is 1.56. The number of benzene rings is 1. The predicted molar refractivity (Wildman–Crippen MR) is 69.0 cm³/mol. The van der Waals surface area contributed by atoms with Crippen molar-refractivity contribution in [1.82, 2.24) is 4.98 Å². The van der Waals surface area contributed by atoms with Crippen molar-refractivity contribution >= 4 is 5.97 Å². The lowest BCUT2D eigenvalue weighted by Crippen LogP contribution is -1.98. The third-order valence-corrected chi connectivity index (χ3v) is 2.52. The minimum atomic E-state index is -1.02. The molecule has 5 heteroatoms. The zero-order valence-electron chi connectivity index (χ0n) is 10.6. The number of methoxy groups -OCH3 is 1. The summed E-state index contributed by atoms with van der Waals surface area (Å²) in [6.45, 7) is 1.93. The van der Waals surface area contributed by atoms with E-state index in [1.807, 2.05) is 13.0 Å². The molecule has 98 valence electrons. The van der Waals surface area contributed by atoms with Crippen LogP contribution >= 0.6 is 0 Å². The van der Waals surface area contributed by atoms with Gasteiger partial charge in [-0.25, -0.2) is 9.78 Å². The lowest BCUT2D eigenvalue weighted by molar-refractivity contribution is 0.0696. The average Bonchev–Trinajstić information content (AvgIpc) is 2.39. The molecule has 0 aliphatic heterocycles. The summed E-state index contributed by atoms with van der Waals surface area (Å²) in [5, 5.41) is 8.91. The number of aryl methyl sites for hydroxylation is 1. The van der Waals surface area contributed by atoms with E-state index in [1.54, 1.807) is 18.3 Å². The summed E-state index contributed by atoms with van der Waals surface area (Å²) in [5.41, 5.74) is 1.16. The Morgan fingerprint density at radius 3 is 2.63 bits per heavy atom. The Hall–Kier alpha value is -2.56. The maximum atomic E-state index is 10.9. The van der Waals surface area contributed by atoms with Gasteiger partial charge in [0.2, 0.25) is 5.88 Å². The normalized spacial score (nSPS) is 10.0. The van der Waals surface area contributed by atoms with E-state index in [0.29, 0.717) is 17.4 Å². The van der Waals surface area contributed by atoms with Crippen LogP contribution in [0.25, 0.3) is 0 Å². The standard InChI is InChI=1S/C14H13NO4/c1-9-5-6-15-13(7-9)19-11-4-3-10(14(16)17)8-12(11)18-2/h3-8H,1-2H3,(H,16,17). The highest BCUT2D eigenvalue weighted by atomic mass is 16.5. The molecule has 0 saturated carbocycles. The second-order valence-electron chi connectivity index (χ2n) is 3.94. The van der Waals surface area contributed by atoms with Crippen LogP contribution < -0.4 is 9.47 Å². The van der Waals surface area contributed by atoms with E-state index in [4.69, 9.17) is 14.6 Å². The van der Waals surface area contributed by atoms with Gasteiger partial charge in [0.15, 0.2) is 11.5 Å². The molecule has 0 atom stereocenters. The summed E-state index contributed by atoms with van der Waals surface area (Å²) in [7, 11) is 1.46. The first-order valence-corrected chi connectivity index (χ1v) is 5.62. The van der Waals surface area contributed by atoms with E-state index in [-0.39, 0.29) is 5.56 Å². The Morgan fingerprint density at radius 2 is 2.00 bits per heavy atom. The summed E-state index contributed by atoms with van der Waals surface area (Å²) in [4.78, 5) is 14.9. The van der Waals surface area contributed by atoms with Crippen LogP contribution in [0.4, 0.5) is 0 Å². The van der Waals surface area contributed by atoms with Crippen molar-refractivity contribution in [2.24, 2.45) is 0 Å². The fourth-order valence-corrected chi connectivity index (χ4v) is 1.56. The summed E-state index contributed by atoms with van der Waals surface area (Å²) < 4.78 is 10.7. The molecule has 0 saturated heterocycles. The van der Waals surface area contributed by atoms with Gasteiger partial charge in [-0.2, -0.15) is 0 Å². The molecule has 0 radical (unpaired) electrons. The SMILES string of the molecule is COc1cc(C(=O)O)ccc1Oc1cc(C)ccn1. The molecule has 1 heterocycles. The third kappa shape index (κ3) is 3.01. The minimum absolute atomic E-state index is 0.140. The lowest BCUT2D eigenvalue weighted by atomic mass is 10.2. The molecule has 0 bridgehead atoms. The van der Waals surface area contributed by atoms with Crippen molar-refractivity contribution < 1.29 is 19.4 Å². The maximum absolute atomic E-state index is 10.9. The number of nitrogens with zero attached hydrogens (tertiary/aromatic N) is 1. The number of pyridine rings is 1. The van der Waals surface area contributed by atoms with Crippen LogP contribution in [0.5, 0.6) is 17.4 Å². The van der Waals surface area contributed by atoms with Gasteiger partial charge >= 0.3 is 5.97 Å². The van der Waals surface area contributed by atoms with Crippen molar-refractivity contribution in [3.05, 3.63) is 47.7 Å². The summed E-state index contributed by atoms with van der Waals surface area (Å²) in [5.74, 6) is 0.189. The van der Waals surface area contributed by atoms with E-state index in [2.05, 4.69) is 4.98 Å². The second kappa shape index (κ2) is 5.39. The van der Waals surface area contributed by atoms with E-state index >= 15 is 0 Å². The number of aromatic carboxylic acids is 1. The second-order valence-corrected chi connectivity index (χ2v) is 3.94. The Kier molecular flexibility index (Phi) is 3.66. The van der Waals surface area contributed by atoms with Crippen molar-refractivity contribution in [3.8, 4) is 17.4 Å². The van der Waals surface area contributed by atoms with Gasteiger partial charge in [0.05, 0.1) is 12.7 Å². The molecule has 0 fully saturated rings. The van der Waals surface area contributed by atoms with Gasteiger partial charge < -0.3 is 14.6 Å². The molecule has 1 aromatic carbocycles. The van der Waals surface area contributed by atoms with Gasteiger partial charge in [-0.15, -0.1) is 0 Å². The van der Waals surface area contributed by atoms with Crippen LogP contribution in [0.15, 0.2) is 36.5 Å². The summed E-state index contributed by atoms with van der Waals surface area (Å²) >= 11 is 0. The number of aromatic nitrogens is 1. The molecule has 2 aromatic rings. The zero-order chi connectivity index (χ0) is 13.8. The number of hydrogen-bond donors (Lipinski definition) is 1. The molecule has 19 heavy (non-hydrogen) atoms. The summed E-state index contributed by atoms with van der Waals surface area (Å²) in [6, 6.07) is 8.05. The molecular formula is C14H13NO4. The number of carboxylic acid groups (broad SMARTS) is 1. The van der Waals surface area contributed by atoms with Crippen LogP contribution in [0.2, 0.25) is 0 Å². The minimum Gasteiger partial charge on any atom is -0.493 e. The molecule has 0 unspecified atom stereocenters. The monoisotopic (exact) mass is 259 g/mol. The largest absolute Gasteiger partial charge is 0.493 e. The van der Waals surface area contributed by atoms with Gasteiger partial charge in [0.25, 0.3) is 0 Å². The molecule has 0 aliphatic carbocycles. The Bertz CT molecular complexity index is 610. The van der Waals surface area contributed by atoms with Crippen molar-refractivity contribution in [3.63, 3.8) is 0 Å². The third-order valence-electron chi connectivity index (χ3n) is 2.52. The first-order chi connectivity index (χ1) is 9.10.